The lowest BCUT2D eigenvalue weighted by Crippen LogP contribution is -2.19. The highest BCUT2D eigenvalue weighted by molar-refractivity contribution is 5.37. The van der Waals surface area contributed by atoms with Gasteiger partial charge in [-0.1, -0.05) is 25.0 Å². The molecular formula is C14H21NO. The zero-order chi connectivity index (χ0) is 11.5. The van der Waals surface area contributed by atoms with Crippen molar-refractivity contribution < 1.29 is 4.74 Å². The van der Waals surface area contributed by atoms with Crippen LogP contribution in [0.25, 0.3) is 0 Å². The summed E-state index contributed by atoms with van der Waals surface area (Å²) in [5.74, 6) is 1.62. The summed E-state index contributed by atoms with van der Waals surface area (Å²) in [6.07, 6.45) is 5.25. The van der Waals surface area contributed by atoms with Gasteiger partial charge < -0.3 is 10.5 Å². The Morgan fingerprint density at radius 1 is 1.31 bits per heavy atom. The molecule has 0 heterocycles. The number of hydrogen-bond acceptors (Lipinski definition) is 2. The Balaban J connectivity index is 2.16. The predicted molar refractivity (Wildman–Crippen MR) is 66.6 cm³/mol. The first-order valence-corrected chi connectivity index (χ1v) is 6.12. The molecule has 0 radical (unpaired) electrons. The molecule has 88 valence electrons. The van der Waals surface area contributed by atoms with Gasteiger partial charge in [-0.15, -0.1) is 0 Å². The van der Waals surface area contributed by atoms with Crippen molar-refractivity contribution in [1.29, 1.82) is 0 Å². The van der Waals surface area contributed by atoms with E-state index in [0.29, 0.717) is 5.92 Å². The molecule has 0 bridgehead atoms. The Morgan fingerprint density at radius 3 is 2.56 bits per heavy atom. The van der Waals surface area contributed by atoms with Gasteiger partial charge in [0, 0.05) is 6.04 Å². The molecule has 0 amide bonds. The minimum Gasteiger partial charge on any atom is -0.496 e. The summed E-state index contributed by atoms with van der Waals surface area (Å²) >= 11 is 0. The van der Waals surface area contributed by atoms with Gasteiger partial charge in [-0.3, -0.25) is 0 Å². The SMILES string of the molecule is COc1ccc([C@H](N)C2CCCC2)cc1C. The Labute approximate surface area is 97.8 Å². The monoisotopic (exact) mass is 219 g/mol. The Morgan fingerprint density at radius 2 is 2.00 bits per heavy atom. The first-order valence-electron chi connectivity index (χ1n) is 6.12. The van der Waals surface area contributed by atoms with E-state index in [1.807, 2.05) is 6.07 Å². The number of rotatable bonds is 3. The average Bonchev–Trinajstić information content (AvgIpc) is 2.81. The molecule has 1 atom stereocenters. The summed E-state index contributed by atoms with van der Waals surface area (Å²) in [6, 6.07) is 6.50. The van der Waals surface area contributed by atoms with Crippen LogP contribution < -0.4 is 10.5 Å². The summed E-state index contributed by atoms with van der Waals surface area (Å²) in [7, 11) is 1.71. The Hall–Kier alpha value is -1.02. The molecule has 2 nitrogen and oxygen atoms in total. The third-order valence-corrected chi connectivity index (χ3v) is 3.71. The third kappa shape index (κ3) is 2.22. The standard InChI is InChI=1S/C14H21NO/c1-10-9-12(7-8-13(10)16-2)14(15)11-5-3-4-6-11/h7-9,11,14H,3-6,15H2,1-2H3/t14-/m1/s1. The van der Waals surface area contributed by atoms with Crippen molar-refractivity contribution >= 4 is 0 Å². The van der Waals surface area contributed by atoms with Crippen LogP contribution in [0.2, 0.25) is 0 Å². The highest BCUT2D eigenvalue weighted by atomic mass is 16.5. The molecule has 1 fully saturated rings. The van der Waals surface area contributed by atoms with Crippen LogP contribution in [0, 0.1) is 12.8 Å². The number of hydrogen-bond donors (Lipinski definition) is 1. The van der Waals surface area contributed by atoms with Gasteiger partial charge in [0.15, 0.2) is 0 Å². The van der Waals surface area contributed by atoms with Crippen LogP contribution >= 0.6 is 0 Å². The van der Waals surface area contributed by atoms with E-state index in [2.05, 4.69) is 19.1 Å². The maximum Gasteiger partial charge on any atom is 0.121 e. The molecule has 2 heteroatoms. The molecule has 0 saturated heterocycles. The Kier molecular flexibility index (Phi) is 3.49. The number of benzene rings is 1. The topological polar surface area (TPSA) is 35.2 Å². The van der Waals surface area contributed by atoms with Gasteiger partial charge in [-0.05, 0) is 42.9 Å². The van der Waals surface area contributed by atoms with E-state index in [-0.39, 0.29) is 6.04 Å². The van der Waals surface area contributed by atoms with Gasteiger partial charge in [0.2, 0.25) is 0 Å². The van der Waals surface area contributed by atoms with Gasteiger partial charge >= 0.3 is 0 Å². The van der Waals surface area contributed by atoms with Crippen LogP contribution in [-0.2, 0) is 0 Å². The summed E-state index contributed by atoms with van der Waals surface area (Å²) < 4.78 is 5.26. The van der Waals surface area contributed by atoms with Crippen molar-refractivity contribution in [2.24, 2.45) is 11.7 Å². The smallest absolute Gasteiger partial charge is 0.121 e. The van der Waals surface area contributed by atoms with Crippen molar-refractivity contribution in [1.82, 2.24) is 0 Å². The van der Waals surface area contributed by atoms with E-state index in [1.165, 1.54) is 36.8 Å². The minimum absolute atomic E-state index is 0.201. The zero-order valence-electron chi connectivity index (χ0n) is 10.2. The lowest BCUT2D eigenvalue weighted by atomic mass is 9.91. The molecule has 2 rings (SSSR count). The molecule has 1 aliphatic rings. The molecule has 1 saturated carbocycles. The minimum atomic E-state index is 0.201. The van der Waals surface area contributed by atoms with Crippen LogP contribution in [0.1, 0.15) is 42.9 Å². The predicted octanol–water partition coefficient (Wildman–Crippen LogP) is 3.19. The van der Waals surface area contributed by atoms with Crippen molar-refractivity contribution in [3.8, 4) is 5.75 Å². The Bertz CT molecular complexity index is 356. The third-order valence-electron chi connectivity index (χ3n) is 3.71. The summed E-state index contributed by atoms with van der Waals surface area (Å²) in [5.41, 5.74) is 8.75. The lowest BCUT2D eigenvalue weighted by molar-refractivity contribution is 0.409. The molecule has 1 aliphatic carbocycles. The molecule has 0 unspecified atom stereocenters. The first kappa shape index (κ1) is 11.5. The van der Waals surface area contributed by atoms with E-state index in [1.54, 1.807) is 7.11 Å². The fourth-order valence-corrected chi connectivity index (χ4v) is 2.70. The van der Waals surface area contributed by atoms with Gasteiger partial charge in [0.1, 0.15) is 5.75 Å². The van der Waals surface area contributed by atoms with Crippen LogP contribution in [0.3, 0.4) is 0 Å². The number of nitrogens with two attached hydrogens (primary N) is 1. The number of ether oxygens (including phenoxy) is 1. The van der Waals surface area contributed by atoms with Crippen molar-refractivity contribution in [2.45, 2.75) is 38.6 Å². The maximum atomic E-state index is 6.32. The van der Waals surface area contributed by atoms with Crippen molar-refractivity contribution in [3.63, 3.8) is 0 Å². The molecule has 1 aromatic rings. The van der Waals surface area contributed by atoms with Gasteiger partial charge in [-0.2, -0.15) is 0 Å². The zero-order valence-corrected chi connectivity index (χ0v) is 10.2. The van der Waals surface area contributed by atoms with Crippen LogP contribution in [0.4, 0.5) is 0 Å². The molecule has 1 aromatic carbocycles. The summed E-state index contributed by atoms with van der Waals surface area (Å²) in [6.45, 7) is 2.07. The van der Waals surface area contributed by atoms with Crippen molar-refractivity contribution in [2.75, 3.05) is 7.11 Å². The van der Waals surface area contributed by atoms with Crippen LogP contribution in [0.5, 0.6) is 5.75 Å². The quantitative estimate of drug-likeness (QED) is 0.847. The van der Waals surface area contributed by atoms with Crippen LogP contribution in [0.15, 0.2) is 18.2 Å². The fourth-order valence-electron chi connectivity index (χ4n) is 2.70. The molecule has 0 aliphatic heterocycles. The van der Waals surface area contributed by atoms with E-state index >= 15 is 0 Å². The number of aryl methyl sites for hydroxylation is 1. The molecular weight excluding hydrogens is 198 g/mol. The second kappa shape index (κ2) is 4.88. The van der Waals surface area contributed by atoms with Gasteiger partial charge in [-0.25, -0.2) is 0 Å². The first-order chi connectivity index (χ1) is 7.72. The van der Waals surface area contributed by atoms with E-state index < -0.39 is 0 Å². The van der Waals surface area contributed by atoms with Crippen molar-refractivity contribution in [3.05, 3.63) is 29.3 Å². The normalized spacial score (nSPS) is 18.7. The highest BCUT2D eigenvalue weighted by Crippen LogP contribution is 2.35. The fraction of sp³-hybridized carbons (Fsp3) is 0.571. The van der Waals surface area contributed by atoms with E-state index in [4.69, 9.17) is 10.5 Å². The lowest BCUT2D eigenvalue weighted by Gasteiger charge is -2.20. The molecule has 0 aromatic heterocycles. The summed E-state index contributed by atoms with van der Waals surface area (Å²) in [5, 5.41) is 0. The highest BCUT2D eigenvalue weighted by Gasteiger charge is 2.23. The molecule has 16 heavy (non-hydrogen) atoms. The number of methoxy groups -OCH3 is 1. The van der Waals surface area contributed by atoms with Crippen LogP contribution in [-0.4, -0.2) is 7.11 Å². The second-order valence-corrected chi connectivity index (χ2v) is 4.80. The molecule has 2 N–H and O–H groups in total. The van der Waals surface area contributed by atoms with Gasteiger partial charge in [0.25, 0.3) is 0 Å². The van der Waals surface area contributed by atoms with Gasteiger partial charge in [0.05, 0.1) is 7.11 Å². The van der Waals surface area contributed by atoms with E-state index in [0.717, 1.165) is 5.75 Å². The average molecular weight is 219 g/mol. The summed E-state index contributed by atoms with van der Waals surface area (Å²) in [4.78, 5) is 0. The van der Waals surface area contributed by atoms with E-state index in [9.17, 15) is 0 Å². The second-order valence-electron chi connectivity index (χ2n) is 4.80. The molecule has 0 spiro atoms. The largest absolute Gasteiger partial charge is 0.496 e. The maximum absolute atomic E-state index is 6.32.